The number of hydrogen-bond donors (Lipinski definition) is 1. The molecule has 1 aliphatic carbocycles. The zero-order valence-corrected chi connectivity index (χ0v) is 12.2. The first-order chi connectivity index (χ1) is 9.10. The van der Waals surface area contributed by atoms with Gasteiger partial charge >= 0.3 is 0 Å². The molecule has 2 nitrogen and oxygen atoms in total. The average molecular weight is 264 g/mol. The molecule has 1 aromatic carbocycles. The van der Waals surface area contributed by atoms with Gasteiger partial charge in [0.1, 0.15) is 5.82 Å². The van der Waals surface area contributed by atoms with Crippen LogP contribution in [0.25, 0.3) is 0 Å². The molecule has 1 N–H and O–H groups in total. The number of halogens is 1. The Bertz CT molecular complexity index is 413. The molecule has 1 aliphatic rings. The number of hydrogen-bond acceptors (Lipinski definition) is 2. The van der Waals surface area contributed by atoms with E-state index < -0.39 is 0 Å². The van der Waals surface area contributed by atoms with Gasteiger partial charge in [-0.05, 0) is 31.0 Å². The fourth-order valence-corrected chi connectivity index (χ4v) is 2.34. The van der Waals surface area contributed by atoms with Gasteiger partial charge in [0.2, 0.25) is 0 Å². The molecule has 0 aromatic heterocycles. The molecule has 1 saturated carbocycles. The fourth-order valence-electron chi connectivity index (χ4n) is 2.34. The van der Waals surface area contributed by atoms with Crippen LogP contribution < -0.4 is 5.32 Å². The second-order valence-electron chi connectivity index (χ2n) is 5.76. The molecule has 1 fully saturated rings. The fraction of sp³-hybridized carbons (Fsp3) is 0.625. The zero-order chi connectivity index (χ0) is 13.8. The molecular weight excluding hydrogens is 239 g/mol. The molecule has 0 spiro atoms. The van der Waals surface area contributed by atoms with Crippen LogP contribution in [0.15, 0.2) is 18.2 Å². The van der Waals surface area contributed by atoms with Gasteiger partial charge in [0.05, 0.1) is 0 Å². The predicted molar refractivity (Wildman–Crippen MR) is 77.5 cm³/mol. The van der Waals surface area contributed by atoms with E-state index in [4.69, 9.17) is 0 Å². The van der Waals surface area contributed by atoms with Crippen molar-refractivity contribution in [1.82, 2.24) is 10.2 Å². The molecule has 0 atom stereocenters. The van der Waals surface area contributed by atoms with E-state index >= 15 is 0 Å². The molecule has 0 saturated heterocycles. The van der Waals surface area contributed by atoms with E-state index in [-0.39, 0.29) is 5.82 Å². The number of nitrogens with one attached hydrogen (secondary N) is 1. The summed E-state index contributed by atoms with van der Waals surface area (Å²) in [5.74, 6) is -0.0765. The van der Waals surface area contributed by atoms with Crippen molar-refractivity contribution in [3.05, 3.63) is 35.1 Å². The third kappa shape index (κ3) is 4.29. The Morgan fingerprint density at radius 3 is 2.68 bits per heavy atom. The minimum absolute atomic E-state index is 0.0765. The Kier molecular flexibility index (Phi) is 4.94. The van der Waals surface area contributed by atoms with Gasteiger partial charge in [0.15, 0.2) is 0 Å². The molecule has 106 valence electrons. The lowest BCUT2D eigenvalue weighted by Crippen LogP contribution is -2.26. The Morgan fingerprint density at radius 2 is 2.11 bits per heavy atom. The van der Waals surface area contributed by atoms with Crippen LogP contribution in [0.2, 0.25) is 0 Å². The van der Waals surface area contributed by atoms with Gasteiger partial charge in [0.25, 0.3) is 0 Å². The third-order valence-electron chi connectivity index (χ3n) is 3.67. The van der Waals surface area contributed by atoms with Crippen LogP contribution in [0.3, 0.4) is 0 Å². The normalized spacial score (nSPS) is 15.5. The molecule has 19 heavy (non-hydrogen) atoms. The van der Waals surface area contributed by atoms with Crippen molar-refractivity contribution in [1.29, 1.82) is 0 Å². The summed E-state index contributed by atoms with van der Waals surface area (Å²) in [6.07, 6.45) is 2.54. The van der Waals surface area contributed by atoms with Crippen molar-refractivity contribution in [3.63, 3.8) is 0 Å². The lowest BCUT2D eigenvalue weighted by atomic mass is 10.1. The Hall–Kier alpha value is -0.930. The lowest BCUT2D eigenvalue weighted by molar-refractivity contribution is 0.265. The summed E-state index contributed by atoms with van der Waals surface area (Å²) in [6.45, 7) is 8.94. The van der Waals surface area contributed by atoms with Gasteiger partial charge in [-0.1, -0.05) is 32.9 Å². The summed E-state index contributed by atoms with van der Waals surface area (Å²) < 4.78 is 13.9. The van der Waals surface area contributed by atoms with E-state index in [0.29, 0.717) is 12.1 Å². The maximum atomic E-state index is 13.9. The van der Waals surface area contributed by atoms with Gasteiger partial charge in [0, 0.05) is 30.7 Å². The molecular formula is C16H25FN2. The minimum Gasteiger partial charge on any atom is -0.310 e. The topological polar surface area (TPSA) is 15.3 Å². The first kappa shape index (κ1) is 14.5. The van der Waals surface area contributed by atoms with Crippen LogP contribution in [-0.4, -0.2) is 23.5 Å². The van der Waals surface area contributed by atoms with E-state index in [9.17, 15) is 4.39 Å². The standard InChI is InChI=1S/C16H25FN2/c1-4-19(15-6-7-15)11-14-9-13(5-8-16(14)17)10-18-12(2)3/h5,8-9,12,15,18H,4,6-7,10-11H2,1-3H3. The van der Waals surface area contributed by atoms with Crippen molar-refractivity contribution < 1.29 is 4.39 Å². The third-order valence-corrected chi connectivity index (χ3v) is 3.67. The minimum atomic E-state index is -0.0765. The second-order valence-corrected chi connectivity index (χ2v) is 5.76. The van der Waals surface area contributed by atoms with Gasteiger partial charge in [-0.3, -0.25) is 4.90 Å². The van der Waals surface area contributed by atoms with Crippen molar-refractivity contribution in [2.45, 2.75) is 58.8 Å². The van der Waals surface area contributed by atoms with Crippen LogP contribution in [0.4, 0.5) is 4.39 Å². The maximum Gasteiger partial charge on any atom is 0.127 e. The molecule has 0 unspecified atom stereocenters. The van der Waals surface area contributed by atoms with Crippen LogP contribution in [0, 0.1) is 5.82 Å². The van der Waals surface area contributed by atoms with E-state index in [1.807, 2.05) is 12.1 Å². The van der Waals surface area contributed by atoms with Gasteiger partial charge < -0.3 is 5.32 Å². The summed E-state index contributed by atoms with van der Waals surface area (Å²) in [4.78, 5) is 2.37. The first-order valence-electron chi connectivity index (χ1n) is 7.35. The SMILES string of the molecule is CCN(Cc1cc(CNC(C)C)ccc1F)C1CC1. The highest BCUT2D eigenvalue weighted by Crippen LogP contribution is 2.28. The van der Waals surface area contributed by atoms with Crippen molar-refractivity contribution in [2.24, 2.45) is 0 Å². The van der Waals surface area contributed by atoms with Crippen molar-refractivity contribution >= 4 is 0 Å². The molecule has 0 aliphatic heterocycles. The number of rotatable bonds is 7. The Morgan fingerprint density at radius 1 is 1.37 bits per heavy atom. The summed E-state index contributed by atoms with van der Waals surface area (Å²) in [7, 11) is 0. The molecule has 1 aromatic rings. The average Bonchev–Trinajstić information content (AvgIpc) is 3.20. The van der Waals surface area contributed by atoms with Crippen LogP contribution in [0.5, 0.6) is 0 Å². The highest BCUT2D eigenvalue weighted by atomic mass is 19.1. The van der Waals surface area contributed by atoms with Crippen LogP contribution in [0.1, 0.15) is 44.7 Å². The molecule has 2 rings (SSSR count). The van der Waals surface area contributed by atoms with E-state index in [1.54, 1.807) is 6.07 Å². The Balaban J connectivity index is 2.03. The summed E-state index contributed by atoms with van der Waals surface area (Å²) in [5, 5.41) is 3.37. The van der Waals surface area contributed by atoms with Crippen LogP contribution >= 0.6 is 0 Å². The predicted octanol–water partition coefficient (Wildman–Crippen LogP) is 3.31. The summed E-state index contributed by atoms with van der Waals surface area (Å²) >= 11 is 0. The molecule has 0 amide bonds. The molecule has 3 heteroatoms. The largest absolute Gasteiger partial charge is 0.310 e. The smallest absolute Gasteiger partial charge is 0.127 e. The first-order valence-corrected chi connectivity index (χ1v) is 7.35. The summed E-state index contributed by atoms with van der Waals surface area (Å²) in [5.41, 5.74) is 1.99. The number of nitrogens with zero attached hydrogens (tertiary/aromatic N) is 1. The zero-order valence-electron chi connectivity index (χ0n) is 12.2. The highest BCUT2D eigenvalue weighted by molar-refractivity contribution is 5.25. The second kappa shape index (κ2) is 6.49. The molecule has 0 heterocycles. The number of benzene rings is 1. The summed E-state index contributed by atoms with van der Waals surface area (Å²) in [6, 6.07) is 6.62. The molecule has 0 radical (unpaired) electrons. The maximum absolute atomic E-state index is 13.9. The quantitative estimate of drug-likeness (QED) is 0.813. The van der Waals surface area contributed by atoms with Crippen molar-refractivity contribution in [2.75, 3.05) is 6.54 Å². The van der Waals surface area contributed by atoms with E-state index in [0.717, 1.165) is 30.8 Å². The van der Waals surface area contributed by atoms with E-state index in [2.05, 4.69) is 31.0 Å². The van der Waals surface area contributed by atoms with Gasteiger partial charge in [-0.25, -0.2) is 4.39 Å². The lowest BCUT2D eigenvalue weighted by Gasteiger charge is -2.20. The van der Waals surface area contributed by atoms with Crippen molar-refractivity contribution in [3.8, 4) is 0 Å². The van der Waals surface area contributed by atoms with E-state index in [1.165, 1.54) is 12.8 Å². The monoisotopic (exact) mass is 264 g/mol. The van der Waals surface area contributed by atoms with Gasteiger partial charge in [-0.15, -0.1) is 0 Å². The van der Waals surface area contributed by atoms with Gasteiger partial charge in [-0.2, -0.15) is 0 Å². The molecule has 0 bridgehead atoms. The van der Waals surface area contributed by atoms with Crippen LogP contribution in [-0.2, 0) is 13.1 Å². The Labute approximate surface area is 116 Å². The highest BCUT2D eigenvalue weighted by Gasteiger charge is 2.28.